The number of fused-ring (bicyclic) bond motifs is 1. The Kier molecular flexibility index (Phi) is 7.33. The molecule has 1 fully saturated rings. The predicted molar refractivity (Wildman–Crippen MR) is 121 cm³/mol. The summed E-state index contributed by atoms with van der Waals surface area (Å²) in [6, 6.07) is 6.02. The van der Waals surface area contributed by atoms with E-state index in [4.69, 9.17) is 0 Å². The number of carbonyl (C=O) groups is 1. The van der Waals surface area contributed by atoms with Crippen molar-refractivity contribution in [1.29, 1.82) is 0 Å². The summed E-state index contributed by atoms with van der Waals surface area (Å²) in [6.07, 6.45) is -0.535. The quantitative estimate of drug-likeness (QED) is 0.611. The number of hydrogen-bond donors (Lipinski definition) is 1. The lowest BCUT2D eigenvalue weighted by molar-refractivity contribution is -0.274. The topological polar surface area (TPSA) is 59.4 Å². The standard InChI is InChI=1S/C23H27F3N4O2S/c1-2-9-30-20-8-5-17(27-15-16-3-6-18(7-4-16)32-23(24,25)26)14-19(20)21(28-30)22(31)29-10-12-33-13-11-29/h2-4,6-7,17,27H,1,5,8-15H2/t17-/m0/s1. The van der Waals surface area contributed by atoms with Crippen LogP contribution in [0.15, 0.2) is 36.9 Å². The van der Waals surface area contributed by atoms with Crippen LogP contribution in [0.3, 0.4) is 0 Å². The summed E-state index contributed by atoms with van der Waals surface area (Å²) in [5.41, 5.74) is 3.49. The highest BCUT2D eigenvalue weighted by molar-refractivity contribution is 7.99. The Morgan fingerprint density at radius 3 is 2.67 bits per heavy atom. The van der Waals surface area contributed by atoms with Crippen molar-refractivity contribution in [3.8, 4) is 5.75 Å². The summed E-state index contributed by atoms with van der Waals surface area (Å²) in [4.78, 5) is 15.1. The number of carbonyl (C=O) groups excluding carboxylic acids is 1. The van der Waals surface area contributed by atoms with Gasteiger partial charge in [-0.25, -0.2) is 0 Å². The average molecular weight is 481 g/mol. The molecule has 2 aliphatic rings. The Morgan fingerprint density at radius 1 is 1.27 bits per heavy atom. The van der Waals surface area contributed by atoms with Gasteiger partial charge in [0.25, 0.3) is 5.91 Å². The Morgan fingerprint density at radius 2 is 2.00 bits per heavy atom. The van der Waals surface area contributed by atoms with Crippen LogP contribution in [0, 0.1) is 0 Å². The molecule has 4 rings (SSSR count). The van der Waals surface area contributed by atoms with Gasteiger partial charge in [-0.3, -0.25) is 9.48 Å². The van der Waals surface area contributed by atoms with Crippen LogP contribution < -0.4 is 10.1 Å². The zero-order chi connectivity index (χ0) is 23.4. The number of nitrogens with zero attached hydrogens (tertiary/aromatic N) is 3. The van der Waals surface area contributed by atoms with Gasteiger partial charge in [0, 0.05) is 48.4 Å². The highest BCUT2D eigenvalue weighted by atomic mass is 32.2. The first-order valence-electron chi connectivity index (χ1n) is 11.0. The second-order valence-electron chi connectivity index (χ2n) is 8.16. The van der Waals surface area contributed by atoms with Crippen LogP contribution >= 0.6 is 11.8 Å². The second kappa shape index (κ2) is 10.2. The normalized spacial score (nSPS) is 18.6. The molecule has 2 aromatic rings. The first kappa shape index (κ1) is 23.7. The van der Waals surface area contributed by atoms with Crippen molar-refractivity contribution >= 4 is 17.7 Å². The van der Waals surface area contributed by atoms with Crippen molar-refractivity contribution in [3.05, 3.63) is 59.4 Å². The van der Waals surface area contributed by atoms with Crippen molar-refractivity contribution in [1.82, 2.24) is 20.0 Å². The van der Waals surface area contributed by atoms with Gasteiger partial charge in [0.15, 0.2) is 5.69 Å². The molecule has 0 radical (unpaired) electrons. The van der Waals surface area contributed by atoms with E-state index >= 15 is 0 Å². The molecule has 6 nitrogen and oxygen atoms in total. The molecule has 0 unspecified atom stereocenters. The van der Waals surface area contributed by atoms with E-state index in [0.717, 1.165) is 54.3 Å². The Balaban J connectivity index is 1.43. The first-order valence-corrected chi connectivity index (χ1v) is 12.1. The summed E-state index contributed by atoms with van der Waals surface area (Å²) in [5.74, 6) is 1.65. The molecule has 1 amide bonds. The van der Waals surface area contributed by atoms with Crippen molar-refractivity contribution in [3.63, 3.8) is 0 Å². The third-order valence-corrected chi connectivity index (χ3v) is 6.84. The molecule has 33 heavy (non-hydrogen) atoms. The Hall–Kier alpha value is -2.46. The minimum absolute atomic E-state index is 0.00438. The molecule has 0 bridgehead atoms. The van der Waals surface area contributed by atoms with Gasteiger partial charge in [0.2, 0.25) is 0 Å². The van der Waals surface area contributed by atoms with E-state index in [1.54, 1.807) is 18.2 Å². The molecule has 0 saturated carbocycles. The molecule has 1 aliphatic heterocycles. The minimum Gasteiger partial charge on any atom is -0.406 e. The number of aromatic nitrogens is 2. The lowest BCUT2D eigenvalue weighted by atomic mass is 9.91. The molecule has 1 saturated heterocycles. The number of nitrogens with one attached hydrogen (secondary N) is 1. The fourth-order valence-corrected chi connectivity index (χ4v) is 5.20. The smallest absolute Gasteiger partial charge is 0.406 e. The van der Waals surface area contributed by atoms with E-state index in [1.165, 1.54) is 12.1 Å². The maximum absolute atomic E-state index is 13.2. The number of alkyl halides is 3. The maximum atomic E-state index is 13.2. The van der Waals surface area contributed by atoms with Crippen LogP contribution in [0.2, 0.25) is 0 Å². The van der Waals surface area contributed by atoms with E-state index in [-0.39, 0.29) is 17.7 Å². The van der Waals surface area contributed by atoms with Crippen molar-refractivity contribution in [2.24, 2.45) is 0 Å². The van der Waals surface area contributed by atoms with Crippen molar-refractivity contribution in [2.45, 2.75) is 44.8 Å². The molecule has 1 aromatic heterocycles. The monoisotopic (exact) mass is 480 g/mol. The lowest BCUT2D eigenvalue weighted by Crippen LogP contribution is -2.39. The summed E-state index contributed by atoms with van der Waals surface area (Å²) in [7, 11) is 0. The van der Waals surface area contributed by atoms with E-state index < -0.39 is 6.36 Å². The second-order valence-corrected chi connectivity index (χ2v) is 9.39. The van der Waals surface area contributed by atoms with E-state index in [9.17, 15) is 18.0 Å². The molecular weight excluding hydrogens is 453 g/mol. The molecule has 1 aromatic carbocycles. The van der Waals surface area contributed by atoms with E-state index in [1.807, 2.05) is 21.3 Å². The van der Waals surface area contributed by atoms with Crippen LogP contribution in [0.4, 0.5) is 13.2 Å². The Bertz CT molecular complexity index is 985. The van der Waals surface area contributed by atoms with Gasteiger partial charge in [-0.15, -0.1) is 19.8 Å². The van der Waals surface area contributed by atoms with Gasteiger partial charge in [-0.1, -0.05) is 18.2 Å². The molecule has 10 heteroatoms. The largest absolute Gasteiger partial charge is 0.573 e. The van der Waals surface area contributed by atoms with E-state index in [2.05, 4.69) is 21.7 Å². The molecule has 178 valence electrons. The van der Waals surface area contributed by atoms with Crippen LogP contribution in [-0.2, 0) is 25.9 Å². The number of rotatable bonds is 7. The van der Waals surface area contributed by atoms with Crippen molar-refractivity contribution < 1.29 is 22.7 Å². The van der Waals surface area contributed by atoms with Gasteiger partial charge in [0.05, 0.1) is 6.54 Å². The van der Waals surface area contributed by atoms with Gasteiger partial charge >= 0.3 is 6.36 Å². The number of ether oxygens (including phenoxy) is 1. The lowest BCUT2D eigenvalue weighted by Gasteiger charge is -2.27. The molecule has 1 N–H and O–H groups in total. The van der Waals surface area contributed by atoms with Crippen LogP contribution in [-0.4, -0.2) is 57.6 Å². The van der Waals surface area contributed by atoms with Crippen LogP contribution in [0.5, 0.6) is 5.75 Å². The van der Waals surface area contributed by atoms with Crippen LogP contribution in [0.1, 0.15) is 33.7 Å². The number of hydrogen-bond acceptors (Lipinski definition) is 5. The summed E-state index contributed by atoms with van der Waals surface area (Å²) in [5, 5.41) is 8.15. The molecule has 1 aliphatic carbocycles. The Labute approximate surface area is 195 Å². The number of benzene rings is 1. The molecular formula is C23H27F3N4O2S. The van der Waals surface area contributed by atoms with E-state index in [0.29, 0.717) is 25.2 Å². The zero-order valence-corrected chi connectivity index (χ0v) is 19.1. The number of thioether (sulfide) groups is 1. The van der Waals surface area contributed by atoms with Gasteiger partial charge in [-0.05, 0) is 37.0 Å². The number of allylic oxidation sites excluding steroid dienone is 1. The fraction of sp³-hybridized carbons (Fsp3) is 0.478. The third-order valence-electron chi connectivity index (χ3n) is 5.90. The zero-order valence-electron chi connectivity index (χ0n) is 18.2. The maximum Gasteiger partial charge on any atom is 0.573 e. The summed E-state index contributed by atoms with van der Waals surface area (Å²) in [6.45, 7) is 6.37. The predicted octanol–water partition coefficient (Wildman–Crippen LogP) is 3.80. The van der Waals surface area contributed by atoms with Gasteiger partial charge in [-0.2, -0.15) is 16.9 Å². The van der Waals surface area contributed by atoms with Crippen molar-refractivity contribution in [2.75, 3.05) is 24.6 Å². The van der Waals surface area contributed by atoms with Gasteiger partial charge in [0.1, 0.15) is 5.75 Å². The molecule has 2 heterocycles. The first-order chi connectivity index (χ1) is 15.8. The number of halogens is 3. The average Bonchev–Trinajstić information content (AvgIpc) is 3.15. The molecule has 1 atom stereocenters. The summed E-state index contributed by atoms with van der Waals surface area (Å²) >= 11 is 1.86. The third kappa shape index (κ3) is 5.92. The summed E-state index contributed by atoms with van der Waals surface area (Å²) < 4.78 is 42.8. The SMILES string of the molecule is C=CCn1nc(C(=O)N2CCSCC2)c2c1CC[C@H](NCc1ccc(OC(F)(F)F)cc1)C2. The minimum atomic E-state index is -4.70. The van der Waals surface area contributed by atoms with Crippen LogP contribution in [0.25, 0.3) is 0 Å². The molecule has 0 spiro atoms. The van der Waals surface area contributed by atoms with Gasteiger partial charge < -0.3 is 15.0 Å². The highest BCUT2D eigenvalue weighted by Gasteiger charge is 2.32. The fourth-order valence-electron chi connectivity index (χ4n) is 4.29. The number of amides is 1. The highest BCUT2D eigenvalue weighted by Crippen LogP contribution is 2.27.